The van der Waals surface area contributed by atoms with Crippen LogP contribution in [0.4, 0.5) is 0 Å². The molecule has 0 N–H and O–H groups in total. The van der Waals surface area contributed by atoms with Crippen LogP contribution in [0.15, 0.2) is 43.0 Å². The van der Waals surface area contributed by atoms with Crippen LogP contribution in [0, 0.1) is 25.2 Å². The van der Waals surface area contributed by atoms with Crippen LogP contribution in [0.5, 0.6) is 5.75 Å². The van der Waals surface area contributed by atoms with Gasteiger partial charge in [0.2, 0.25) is 0 Å². The first-order valence-electron chi connectivity index (χ1n) is 12.8. The maximum atomic E-state index is 14.0. The quantitative estimate of drug-likeness (QED) is 0.367. The molecule has 9 heteroatoms. The molecule has 1 atom stereocenters. The number of ether oxygens (including phenoxy) is 1. The molecule has 0 fully saturated rings. The third-order valence-electron chi connectivity index (χ3n) is 7.19. The molecule has 0 saturated heterocycles. The summed E-state index contributed by atoms with van der Waals surface area (Å²) in [7, 11) is 1.91. The van der Waals surface area contributed by atoms with Gasteiger partial charge in [-0.25, -0.2) is 4.98 Å². The number of carbonyl (C=O) groups excluding carboxylic acids is 1. The van der Waals surface area contributed by atoms with E-state index in [9.17, 15) is 10.1 Å². The Hall–Kier alpha value is -4.45. The van der Waals surface area contributed by atoms with Crippen LogP contribution < -0.4 is 4.74 Å². The van der Waals surface area contributed by atoms with E-state index in [2.05, 4.69) is 31.8 Å². The van der Waals surface area contributed by atoms with Crippen molar-refractivity contribution in [2.45, 2.75) is 46.7 Å². The van der Waals surface area contributed by atoms with Gasteiger partial charge in [0.1, 0.15) is 23.2 Å². The number of imidazole rings is 1. The van der Waals surface area contributed by atoms with Crippen molar-refractivity contribution in [3.05, 3.63) is 82.5 Å². The number of aromatic nitrogens is 5. The van der Waals surface area contributed by atoms with Crippen molar-refractivity contribution in [3.63, 3.8) is 0 Å². The predicted octanol–water partition coefficient (Wildman–Crippen LogP) is 4.37. The van der Waals surface area contributed by atoms with Crippen molar-refractivity contribution in [2.24, 2.45) is 7.05 Å². The molecule has 9 nitrogen and oxygen atoms in total. The molecule has 4 aromatic rings. The average Bonchev–Trinajstić information content (AvgIpc) is 3.47. The van der Waals surface area contributed by atoms with Gasteiger partial charge in [0, 0.05) is 62.1 Å². The minimum atomic E-state index is -0.286. The normalized spacial score (nSPS) is 13.8. The van der Waals surface area contributed by atoms with Crippen LogP contribution in [-0.4, -0.2) is 48.3 Å². The first-order chi connectivity index (χ1) is 18.3. The van der Waals surface area contributed by atoms with Gasteiger partial charge in [0.15, 0.2) is 0 Å². The summed E-state index contributed by atoms with van der Waals surface area (Å²) in [5, 5.41) is 14.0. The van der Waals surface area contributed by atoms with E-state index in [4.69, 9.17) is 4.74 Å². The number of hydrogen-bond donors (Lipinski definition) is 0. The lowest BCUT2D eigenvalue weighted by molar-refractivity contribution is 0.0669. The minimum absolute atomic E-state index is 0.0325. The highest BCUT2D eigenvalue weighted by Gasteiger charge is 2.32. The molecule has 0 bridgehead atoms. The smallest absolute Gasteiger partial charge is 0.254 e. The number of hydrogen-bond acceptors (Lipinski definition) is 6. The zero-order valence-electron chi connectivity index (χ0n) is 22.4. The largest absolute Gasteiger partial charge is 0.492 e. The molecule has 4 heterocycles. The lowest BCUT2D eigenvalue weighted by Gasteiger charge is -2.34. The Labute approximate surface area is 222 Å². The van der Waals surface area contributed by atoms with Gasteiger partial charge in [0.05, 0.1) is 24.0 Å². The molecule has 0 unspecified atom stereocenters. The van der Waals surface area contributed by atoms with E-state index >= 15 is 0 Å². The Morgan fingerprint density at radius 3 is 2.61 bits per heavy atom. The van der Waals surface area contributed by atoms with Gasteiger partial charge in [-0.05, 0) is 62.9 Å². The number of fused-ring (bicyclic) bond motifs is 1. The number of carbonyl (C=O) groups is 1. The Morgan fingerprint density at radius 1 is 1.16 bits per heavy atom. The molecule has 1 aliphatic heterocycles. The topological polar surface area (TPSA) is 102 Å². The zero-order chi connectivity index (χ0) is 27.0. The third-order valence-corrected chi connectivity index (χ3v) is 7.19. The fourth-order valence-electron chi connectivity index (χ4n) is 5.21. The highest BCUT2D eigenvalue weighted by molar-refractivity contribution is 5.99. The summed E-state index contributed by atoms with van der Waals surface area (Å²) in [5.41, 5.74) is 6.87. The maximum absolute atomic E-state index is 14.0. The summed E-state index contributed by atoms with van der Waals surface area (Å²) in [4.78, 5) is 24.7. The number of rotatable bonds is 7. The lowest BCUT2D eigenvalue weighted by Crippen LogP contribution is -2.40. The van der Waals surface area contributed by atoms with Crippen LogP contribution in [0.25, 0.3) is 11.1 Å². The van der Waals surface area contributed by atoms with Gasteiger partial charge in [-0.2, -0.15) is 10.4 Å². The lowest BCUT2D eigenvalue weighted by atomic mass is 9.87. The van der Waals surface area contributed by atoms with Gasteiger partial charge in [0.25, 0.3) is 5.91 Å². The van der Waals surface area contributed by atoms with E-state index in [-0.39, 0.29) is 11.9 Å². The van der Waals surface area contributed by atoms with E-state index in [0.29, 0.717) is 48.7 Å². The number of amides is 1. The first-order valence-corrected chi connectivity index (χ1v) is 12.8. The third kappa shape index (κ3) is 4.54. The van der Waals surface area contributed by atoms with E-state index in [1.54, 1.807) is 12.3 Å². The van der Waals surface area contributed by atoms with Crippen molar-refractivity contribution >= 4 is 5.91 Å². The highest BCUT2D eigenvalue weighted by atomic mass is 16.5. The van der Waals surface area contributed by atoms with Crippen molar-refractivity contribution in [1.82, 2.24) is 29.2 Å². The average molecular weight is 510 g/mol. The van der Waals surface area contributed by atoms with Crippen molar-refractivity contribution in [2.75, 3.05) is 13.2 Å². The molecule has 0 aliphatic carbocycles. The van der Waals surface area contributed by atoms with Crippen molar-refractivity contribution < 1.29 is 9.53 Å². The maximum Gasteiger partial charge on any atom is 0.254 e. The Bertz CT molecular complexity index is 1560. The van der Waals surface area contributed by atoms with Gasteiger partial charge in [-0.1, -0.05) is 0 Å². The molecule has 5 rings (SSSR count). The standard InChI is InChI=1S/C29H31N7O2/c1-6-38-28-13-27(32-15-22(28)14-30)19(3)36-9-7-23-24(26-17-34(5)33-18(26)2)11-21(12-25(23)29(36)37)16-35-10-8-31-20(35)4/h8,10-13,15,17,19H,6-7,9,16H2,1-5H3/t19-/m1/s1. The van der Waals surface area contributed by atoms with E-state index in [1.165, 1.54) is 6.20 Å². The summed E-state index contributed by atoms with van der Waals surface area (Å²) < 4.78 is 9.55. The van der Waals surface area contributed by atoms with Crippen LogP contribution in [0.3, 0.4) is 0 Å². The summed E-state index contributed by atoms with van der Waals surface area (Å²) in [6.45, 7) is 9.44. The monoisotopic (exact) mass is 509 g/mol. The Kier molecular flexibility index (Phi) is 6.72. The molecule has 1 aromatic carbocycles. The fourth-order valence-corrected chi connectivity index (χ4v) is 5.21. The second-order valence-corrected chi connectivity index (χ2v) is 9.65. The van der Waals surface area contributed by atoms with Crippen molar-refractivity contribution in [1.29, 1.82) is 5.26 Å². The minimum Gasteiger partial charge on any atom is -0.492 e. The molecule has 1 amide bonds. The molecular formula is C29H31N7O2. The van der Waals surface area contributed by atoms with Crippen LogP contribution in [-0.2, 0) is 20.0 Å². The number of nitrogens with zero attached hydrogens (tertiary/aromatic N) is 7. The van der Waals surface area contributed by atoms with Crippen LogP contribution >= 0.6 is 0 Å². The first kappa shape index (κ1) is 25.2. The molecular weight excluding hydrogens is 478 g/mol. The van der Waals surface area contributed by atoms with Gasteiger partial charge < -0.3 is 14.2 Å². The van der Waals surface area contributed by atoms with Gasteiger partial charge >= 0.3 is 0 Å². The van der Waals surface area contributed by atoms with Gasteiger partial charge in [-0.3, -0.25) is 14.5 Å². The van der Waals surface area contributed by atoms with E-state index < -0.39 is 0 Å². The molecule has 1 aliphatic rings. The summed E-state index contributed by atoms with van der Waals surface area (Å²) >= 11 is 0. The summed E-state index contributed by atoms with van der Waals surface area (Å²) in [5.74, 6) is 1.37. The predicted molar refractivity (Wildman–Crippen MR) is 143 cm³/mol. The fraction of sp³-hybridized carbons (Fsp3) is 0.345. The highest BCUT2D eigenvalue weighted by Crippen LogP contribution is 2.36. The number of pyridine rings is 1. The van der Waals surface area contributed by atoms with E-state index in [1.807, 2.05) is 62.8 Å². The molecule has 0 spiro atoms. The second-order valence-electron chi connectivity index (χ2n) is 9.65. The van der Waals surface area contributed by atoms with Gasteiger partial charge in [-0.15, -0.1) is 0 Å². The molecule has 0 radical (unpaired) electrons. The molecule has 0 saturated carbocycles. The summed E-state index contributed by atoms with van der Waals surface area (Å²) in [6, 6.07) is 7.81. The van der Waals surface area contributed by atoms with Crippen molar-refractivity contribution in [3.8, 4) is 22.9 Å². The number of aryl methyl sites for hydroxylation is 3. The molecule has 194 valence electrons. The zero-order valence-corrected chi connectivity index (χ0v) is 22.4. The van der Waals surface area contributed by atoms with Crippen LogP contribution in [0.2, 0.25) is 0 Å². The van der Waals surface area contributed by atoms with E-state index in [0.717, 1.165) is 33.8 Å². The number of nitriles is 1. The second kappa shape index (κ2) is 10.1. The van der Waals surface area contributed by atoms with Crippen LogP contribution in [0.1, 0.15) is 64.1 Å². The Morgan fingerprint density at radius 2 is 1.95 bits per heavy atom. The molecule has 38 heavy (non-hydrogen) atoms. The summed E-state index contributed by atoms with van der Waals surface area (Å²) in [6.07, 6.45) is 8.00. The SMILES string of the molecule is CCOc1cc([C@@H](C)N2CCc3c(cc(Cn4ccnc4C)cc3-c3cn(C)nc3C)C2=O)ncc1C#N. The number of benzene rings is 1. The Balaban J connectivity index is 1.56. The molecule has 3 aromatic heterocycles.